The Balaban J connectivity index is 1.68. The van der Waals surface area contributed by atoms with Crippen molar-refractivity contribution in [3.05, 3.63) is 77.9 Å². The van der Waals surface area contributed by atoms with Gasteiger partial charge in [-0.15, -0.1) is 0 Å². The molecule has 3 aromatic carbocycles. The molecule has 3 rings (SSSR count). The molecule has 1 amide bonds. The number of sulfonamides is 1. The van der Waals surface area contributed by atoms with Gasteiger partial charge in [0.2, 0.25) is 15.9 Å². The summed E-state index contributed by atoms with van der Waals surface area (Å²) in [7, 11) is -2.34. The van der Waals surface area contributed by atoms with Crippen molar-refractivity contribution in [3.8, 4) is 0 Å². The van der Waals surface area contributed by atoms with Gasteiger partial charge >= 0.3 is 0 Å². The maximum atomic E-state index is 12.9. The maximum Gasteiger partial charge on any atom is 0.243 e. The van der Waals surface area contributed by atoms with E-state index in [1.54, 1.807) is 18.2 Å². The maximum absolute atomic E-state index is 12.9. The van der Waals surface area contributed by atoms with Gasteiger partial charge in [0.1, 0.15) is 0 Å². The smallest absolute Gasteiger partial charge is 0.243 e. The summed E-state index contributed by atoms with van der Waals surface area (Å²) in [6.07, 6.45) is 0.957. The van der Waals surface area contributed by atoms with E-state index in [0.717, 1.165) is 27.1 Å². The van der Waals surface area contributed by atoms with Crippen LogP contribution >= 0.6 is 0 Å². The van der Waals surface area contributed by atoms with Crippen LogP contribution in [0.3, 0.4) is 0 Å². The van der Waals surface area contributed by atoms with Crippen molar-refractivity contribution in [1.82, 2.24) is 9.62 Å². The molecule has 0 heterocycles. The Bertz CT molecular complexity index is 1110. The quantitative estimate of drug-likeness (QED) is 0.642. The lowest BCUT2D eigenvalue weighted by atomic mass is 10.1. The zero-order valence-corrected chi connectivity index (χ0v) is 17.7. The molecule has 0 saturated heterocycles. The summed E-state index contributed by atoms with van der Waals surface area (Å²) in [6.45, 7) is 3.73. The van der Waals surface area contributed by atoms with Crippen LogP contribution < -0.4 is 5.32 Å². The minimum atomic E-state index is -3.76. The molecule has 1 atom stereocenters. The second kappa shape index (κ2) is 8.76. The van der Waals surface area contributed by atoms with Crippen LogP contribution in [0.1, 0.15) is 31.0 Å². The summed E-state index contributed by atoms with van der Waals surface area (Å²) in [6, 6.07) is 20.4. The van der Waals surface area contributed by atoms with Crippen molar-refractivity contribution in [2.75, 3.05) is 13.6 Å². The standard InChI is InChI=1S/C23H26N2O3S/c1-4-18-9-11-19(12-10-18)17(2)24-23(26)16-25(3)29(27,28)22-14-13-20-7-5-6-8-21(20)15-22/h5-15,17H,4,16H2,1-3H3,(H,24,26). The molecule has 152 valence electrons. The SMILES string of the molecule is CCc1ccc(C(C)NC(=O)CN(C)S(=O)(=O)c2ccc3ccccc3c2)cc1. The highest BCUT2D eigenvalue weighted by Gasteiger charge is 2.24. The van der Waals surface area contributed by atoms with Crippen molar-refractivity contribution < 1.29 is 13.2 Å². The summed E-state index contributed by atoms with van der Waals surface area (Å²) >= 11 is 0. The van der Waals surface area contributed by atoms with Crippen molar-refractivity contribution in [1.29, 1.82) is 0 Å². The molecule has 5 nitrogen and oxygen atoms in total. The lowest BCUT2D eigenvalue weighted by molar-refractivity contribution is -0.121. The van der Waals surface area contributed by atoms with Crippen LogP contribution in [0.4, 0.5) is 0 Å². The average molecular weight is 411 g/mol. The molecule has 6 heteroatoms. The molecule has 0 radical (unpaired) electrons. The molecule has 29 heavy (non-hydrogen) atoms. The third kappa shape index (κ3) is 4.83. The number of carbonyl (C=O) groups is 1. The van der Waals surface area contributed by atoms with Gasteiger partial charge in [0.05, 0.1) is 17.5 Å². The van der Waals surface area contributed by atoms with E-state index < -0.39 is 10.0 Å². The molecule has 3 aromatic rings. The summed E-state index contributed by atoms with van der Waals surface area (Å²) in [5.41, 5.74) is 2.21. The summed E-state index contributed by atoms with van der Waals surface area (Å²) in [4.78, 5) is 12.6. The molecule has 0 bridgehead atoms. The van der Waals surface area contributed by atoms with Gasteiger partial charge in [-0.3, -0.25) is 4.79 Å². The van der Waals surface area contributed by atoms with Gasteiger partial charge in [-0.1, -0.05) is 61.5 Å². The Labute approximate surface area is 172 Å². The number of hydrogen-bond acceptors (Lipinski definition) is 3. The fourth-order valence-electron chi connectivity index (χ4n) is 3.21. The number of fused-ring (bicyclic) bond motifs is 1. The Kier molecular flexibility index (Phi) is 6.35. The van der Waals surface area contributed by atoms with Gasteiger partial charge in [0, 0.05) is 7.05 Å². The lowest BCUT2D eigenvalue weighted by Crippen LogP contribution is -2.39. The number of hydrogen-bond donors (Lipinski definition) is 1. The van der Waals surface area contributed by atoms with Gasteiger partial charge < -0.3 is 5.32 Å². The summed E-state index contributed by atoms with van der Waals surface area (Å²) in [5.74, 6) is -0.344. The number of nitrogens with zero attached hydrogens (tertiary/aromatic N) is 1. The zero-order chi connectivity index (χ0) is 21.0. The third-order valence-electron chi connectivity index (χ3n) is 5.06. The van der Waals surface area contributed by atoms with Gasteiger partial charge in [-0.05, 0) is 47.4 Å². The molecule has 0 aliphatic carbocycles. The summed E-state index contributed by atoms with van der Waals surface area (Å²) < 4.78 is 26.8. The number of nitrogens with one attached hydrogen (secondary N) is 1. The molecule has 0 aromatic heterocycles. The van der Waals surface area contributed by atoms with Crippen molar-refractivity contribution in [3.63, 3.8) is 0 Å². The van der Waals surface area contributed by atoms with E-state index >= 15 is 0 Å². The first-order chi connectivity index (χ1) is 13.8. The molecule has 0 saturated carbocycles. The number of rotatable bonds is 7. The highest BCUT2D eigenvalue weighted by atomic mass is 32.2. The number of likely N-dealkylation sites (N-methyl/N-ethyl adjacent to an activating group) is 1. The van der Waals surface area contributed by atoms with Crippen LogP contribution in [0, 0.1) is 0 Å². The van der Waals surface area contributed by atoms with Crippen LogP contribution in [0.2, 0.25) is 0 Å². The van der Waals surface area contributed by atoms with Gasteiger partial charge in [-0.25, -0.2) is 8.42 Å². The number of carbonyl (C=O) groups excluding carboxylic acids is 1. The van der Waals surface area contributed by atoms with E-state index in [2.05, 4.69) is 12.2 Å². The zero-order valence-electron chi connectivity index (χ0n) is 16.9. The monoisotopic (exact) mass is 410 g/mol. The van der Waals surface area contributed by atoms with E-state index in [9.17, 15) is 13.2 Å². The second-order valence-electron chi connectivity index (χ2n) is 7.15. The van der Waals surface area contributed by atoms with Crippen LogP contribution in [0.25, 0.3) is 10.8 Å². The highest BCUT2D eigenvalue weighted by Crippen LogP contribution is 2.21. The third-order valence-corrected chi connectivity index (χ3v) is 6.86. The molecule has 1 N–H and O–H groups in total. The largest absolute Gasteiger partial charge is 0.348 e. The fraction of sp³-hybridized carbons (Fsp3) is 0.261. The van der Waals surface area contributed by atoms with Gasteiger partial charge in [0.25, 0.3) is 0 Å². The van der Waals surface area contributed by atoms with Gasteiger partial charge in [-0.2, -0.15) is 4.31 Å². The Morgan fingerprint density at radius 1 is 1.00 bits per heavy atom. The van der Waals surface area contributed by atoms with Crippen LogP contribution in [-0.4, -0.2) is 32.2 Å². The minimum absolute atomic E-state index is 0.176. The molecule has 0 spiro atoms. The van der Waals surface area contributed by atoms with E-state index in [0.29, 0.717) is 0 Å². The van der Waals surface area contributed by atoms with Crippen LogP contribution in [0.5, 0.6) is 0 Å². The topological polar surface area (TPSA) is 66.5 Å². The molecular formula is C23H26N2O3S. The molecule has 0 aliphatic rings. The summed E-state index contributed by atoms with van der Waals surface area (Å²) in [5, 5.41) is 4.68. The normalized spacial score (nSPS) is 12.8. The number of benzene rings is 3. The molecule has 0 aliphatic heterocycles. The molecular weight excluding hydrogens is 384 g/mol. The van der Waals surface area contributed by atoms with Gasteiger partial charge in [0.15, 0.2) is 0 Å². The van der Waals surface area contributed by atoms with E-state index in [1.807, 2.05) is 55.5 Å². The first-order valence-electron chi connectivity index (χ1n) is 9.64. The van der Waals surface area contributed by atoms with Crippen molar-refractivity contribution in [2.24, 2.45) is 0 Å². The fourth-order valence-corrected chi connectivity index (χ4v) is 4.37. The van der Waals surface area contributed by atoms with E-state index in [1.165, 1.54) is 12.6 Å². The first-order valence-corrected chi connectivity index (χ1v) is 11.1. The Hall–Kier alpha value is -2.70. The number of amides is 1. The van der Waals surface area contributed by atoms with Crippen molar-refractivity contribution >= 4 is 26.7 Å². The van der Waals surface area contributed by atoms with Crippen molar-refractivity contribution in [2.45, 2.75) is 31.2 Å². The Morgan fingerprint density at radius 3 is 2.31 bits per heavy atom. The molecule has 1 unspecified atom stereocenters. The first kappa shape index (κ1) is 21.0. The minimum Gasteiger partial charge on any atom is -0.348 e. The van der Waals surface area contributed by atoms with Crippen LogP contribution in [0.15, 0.2) is 71.6 Å². The van der Waals surface area contributed by atoms with E-state index in [4.69, 9.17) is 0 Å². The lowest BCUT2D eigenvalue weighted by Gasteiger charge is -2.20. The predicted molar refractivity (Wildman–Crippen MR) is 116 cm³/mol. The predicted octanol–water partition coefficient (Wildman–Crippen LogP) is 3.90. The average Bonchev–Trinajstić information content (AvgIpc) is 2.73. The Morgan fingerprint density at radius 2 is 1.66 bits per heavy atom. The highest BCUT2D eigenvalue weighted by molar-refractivity contribution is 7.89. The van der Waals surface area contributed by atoms with Crippen LogP contribution in [-0.2, 0) is 21.2 Å². The van der Waals surface area contributed by atoms with E-state index in [-0.39, 0.29) is 23.4 Å². The molecule has 0 fully saturated rings. The second-order valence-corrected chi connectivity index (χ2v) is 9.20. The number of aryl methyl sites for hydroxylation is 1.